The van der Waals surface area contributed by atoms with Crippen molar-refractivity contribution in [2.45, 2.75) is 26.7 Å². The minimum atomic E-state index is -3.32. The second-order valence-electron chi connectivity index (χ2n) is 2.46. The topological polar surface area (TPSA) is 75.3 Å². The molecule has 0 bridgehead atoms. The lowest BCUT2D eigenvalue weighted by Gasteiger charge is -2.04. The van der Waals surface area contributed by atoms with Crippen LogP contribution in [0.4, 0.5) is 0 Å². The van der Waals surface area contributed by atoms with Crippen LogP contribution in [-0.4, -0.2) is 20.1 Å². The van der Waals surface area contributed by atoms with Crippen molar-refractivity contribution in [3.8, 4) is 0 Å². The molecule has 6 heteroatoms. The lowest BCUT2D eigenvalue weighted by Crippen LogP contribution is -2.41. The van der Waals surface area contributed by atoms with Gasteiger partial charge in [-0.25, -0.2) is 8.42 Å². The Kier molecular flexibility index (Phi) is 4.84. The second kappa shape index (κ2) is 5.10. The third-order valence-corrected chi connectivity index (χ3v) is 2.39. The Morgan fingerprint density at radius 3 is 2.42 bits per heavy atom. The number of carbonyl (C=O) groups excluding carboxylic acids is 1. The lowest BCUT2D eigenvalue weighted by atomic mass is 10.4. The van der Waals surface area contributed by atoms with Crippen molar-refractivity contribution in [1.29, 1.82) is 0 Å². The van der Waals surface area contributed by atoms with Gasteiger partial charge in [0, 0.05) is 6.92 Å². The fraction of sp³-hybridized carbons (Fsp3) is 0.833. The molecular weight excluding hydrogens is 180 g/mol. The van der Waals surface area contributed by atoms with Crippen LogP contribution in [0.3, 0.4) is 0 Å². The molecule has 0 atom stereocenters. The fourth-order valence-electron chi connectivity index (χ4n) is 0.535. The highest BCUT2D eigenvalue weighted by atomic mass is 32.2. The quantitative estimate of drug-likeness (QED) is 0.593. The number of unbranched alkanes of at least 4 members (excludes halogenated alkanes) is 1. The SMILES string of the molecule is CCCCS(=O)(=O)NNC(C)=O. The molecule has 0 aromatic rings. The van der Waals surface area contributed by atoms with Gasteiger partial charge in [0.15, 0.2) is 0 Å². The van der Waals surface area contributed by atoms with Crippen LogP contribution in [0, 0.1) is 0 Å². The summed E-state index contributed by atoms with van der Waals surface area (Å²) >= 11 is 0. The molecule has 0 aromatic carbocycles. The van der Waals surface area contributed by atoms with E-state index in [0.29, 0.717) is 6.42 Å². The van der Waals surface area contributed by atoms with E-state index in [-0.39, 0.29) is 5.75 Å². The normalized spacial score (nSPS) is 11.2. The lowest BCUT2D eigenvalue weighted by molar-refractivity contribution is -0.119. The molecule has 1 amide bonds. The van der Waals surface area contributed by atoms with Gasteiger partial charge < -0.3 is 0 Å². The van der Waals surface area contributed by atoms with E-state index in [1.165, 1.54) is 6.92 Å². The molecule has 2 N–H and O–H groups in total. The molecule has 0 aliphatic carbocycles. The molecule has 12 heavy (non-hydrogen) atoms. The molecule has 0 rings (SSSR count). The van der Waals surface area contributed by atoms with E-state index in [0.717, 1.165) is 6.42 Å². The van der Waals surface area contributed by atoms with E-state index in [2.05, 4.69) is 0 Å². The number of amides is 1. The first-order valence-electron chi connectivity index (χ1n) is 3.74. The summed E-state index contributed by atoms with van der Waals surface area (Å²) in [6.07, 6.45) is 1.40. The zero-order chi connectivity index (χ0) is 9.61. The number of rotatable bonds is 5. The standard InChI is InChI=1S/C6H14N2O3S/c1-3-4-5-12(10,11)8-7-6(2)9/h8H,3-5H2,1-2H3,(H,7,9). The second-order valence-corrected chi connectivity index (χ2v) is 4.30. The first-order chi connectivity index (χ1) is 5.48. The molecule has 0 aliphatic heterocycles. The van der Waals surface area contributed by atoms with E-state index < -0.39 is 15.9 Å². The predicted octanol–water partition coefficient (Wildman–Crippen LogP) is -0.243. The Labute approximate surface area is 72.6 Å². The van der Waals surface area contributed by atoms with Crippen LogP contribution in [0.5, 0.6) is 0 Å². The predicted molar refractivity (Wildman–Crippen MR) is 45.6 cm³/mol. The highest BCUT2D eigenvalue weighted by molar-refractivity contribution is 7.89. The van der Waals surface area contributed by atoms with Gasteiger partial charge in [-0.2, -0.15) is 0 Å². The van der Waals surface area contributed by atoms with E-state index in [1.807, 2.05) is 17.2 Å². The molecule has 0 saturated heterocycles. The van der Waals surface area contributed by atoms with Gasteiger partial charge in [-0.05, 0) is 6.42 Å². The zero-order valence-corrected chi connectivity index (χ0v) is 8.07. The fourth-order valence-corrected chi connectivity index (χ4v) is 1.61. The van der Waals surface area contributed by atoms with Crippen molar-refractivity contribution in [1.82, 2.24) is 10.3 Å². The summed E-state index contributed by atoms with van der Waals surface area (Å²) in [5.74, 6) is -0.376. The third kappa shape index (κ3) is 6.11. The van der Waals surface area contributed by atoms with Crippen LogP contribution in [0.25, 0.3) is 0 Å². The Morgan fingerprint density at radius 1 is 1.42 bits per heavy atom. The highest BCUT2D eigenvalue weighted by Gasteiger charge is 2.08. The van der Waals surface area contributed by atoms with Crippen LogP contribution >= 0.6 is 0 Å². The van der Waals surface area contributed by atoms with E-state index in [9.17, 15) is 13.2 Å². The number of sulfonamides is 1. The van der Waals surface area contributed by atoms with Crippen LogP contribution in [0.15, 0.2) is 0 Å². The van der Waals surface area contributed by atoms with Gasteiger partial charge in [0.05, 0.1) is 5.75 Å². The number of carbonyl (C=O) groups is 1. The smallest absolute Gasteiger partial charge is 0.231 e. The molecule has 0 unspecified atom stereocenters. The Hall–Kier alpha value is -0.620. The van der Waals surface area contributed by atoms with Crippen molar-refractivity contribution < 1.29 is 13.2 Å². The largest absolute Gasteiger partial charge is 0.278 e. The van der Waals surface area contributed by atoms with Gasteiger partial charge >= 0.3 is 0 Å². The maximum Gasteiger partial charge on any atom is 0.231 e. The van der Waals surface area contributed by atoms with E-state index >= 15 is 0 Å². The van der Waals surface area contributed by atoms with Gasteiger partial charge in [-0.1, -0.05) is 13.3 Å². The summed E-state index contributed by atoms with van der Waals surface area (Å²) < 4.78 is 21.9. The third-order valence-electron chi connectivity index (χ3n) is 1.15. The van der Waals surface area contributed by atoms with E-state index in [1.54, 1.807) is 0 Å². The van der Waals surface area contributed by atoms with Crippen molar-refractivity contribution >= 4 is 15.9 Å². The Balaban J connectivity index is 3.80. The van der Waals surface area contributed by atoms with Gasteiger partial charge in [0.25, 0.3) is 0 Å². The number of nitrogens with one attached hydrogen (secondary N) is 2. The monoisotopic (exact) mass is 194 g/mol. The number of hydrogen-bond acceptors (Lipinski definition) is 3. The average molecular weight is 194 g/mol. The molecule has 0 spiro atoms. The molecule has 0 aliphatic rings. The molecular formula is C6H14N2O3S. The number of hydrogen-bond donors (Lipinski definition) is 2. The van der Waals surface area contributed by atoms with E-state index in [4.69, 9.17) is 0 Å². The van der Waals surface area contributed by atoms with Crippen LogP contribution in [0.1, 0.15) is 26.7 Å². The molecule has 0 radical (unpaired) electrons. The van der Waals surface area contributed by atoms with Gasteiger partial charge in [-0.3, -0.25) is 10.2 Å². The molecule has 0 heterocycles. The summed E-state index contributed by atoms with van der Waals surface area (Å²) in [5, 5.41) is 0. The van der Waals surface area contributed by atoms with Crippen molar-refractivity contribution in [3.05, 3.63) is 0 Å². The maximum absolute atomic E-state index is 11.0. The molecule has 0 fully saturated rings. The highest BCUT2D eigenvalue weighted by Crippen LogP contribution is 1.91. The minimum absolute atomic E-state index is 0.0454. The summed E-state index contributed by atoms with van der Waals surface area (Å²) in [6.45, 7) is 3.14. The van der Waals surface area contributed by atoms with Crippen LogP contribution in [-0.2, 0) is 14.8 Å². The van der Waals surface area contributed by atoms with Gasteiger partial charge in [-0.15, -0.1) is 4.83 Å². The Morgan fingerprint density at radius 2 is 2.00 bits per heavy atom. The summed E-state index contributed by atoms with van der Waals surface area (Å²) in [6, 6.07) is 0. The van der Waals surface area contributed by atoms with Crippen molar-refractivity contribution in [2.75, 3.05) is 5.75 Å². The van der Waals surface area contributed by atoms with Crippen molar-refractivity contribution in [2.24, 2.45) is 0 Å². The Bertz CT molecular complexity index is 235. The first-order valence-corrected chi connectivity index (χ1v) is 5.39. The van der Waals surface area contributed by atoms with Crippen molar-refractivity contribution in [3.63, 3.8) is 0 Å². The average Bonchev–Trinajstić information content (AvgIpc) is 1.98. The molecule has 0 saturated carbocycles. The minimum Gasteiger partial charge on any atom is -0.278 e. The zero-order valence-electron chi connectivity index (χ0n) is 7.25. The van der Waals surface area contributed by atoms with Crippen LogP contribution in [0.2, 0.25) is 0 Å². The molecule has 72 valence electrons. The summed E-state index contributed by atoms with van der Waals surface area (Å²) in [7, 11) is -3.32. The van der Waals surface area contributed by atoms with Gasteiger partial charge in [0.1, 0.15) is 0 Å². The first kappa shape index (κ1) is 11.4. The van der Waals surface area contributed by atoms with Gasteiger partial charge in [0.2, 0.25) is 15.9 Å². The molecule has 0 aromatic heterocycles. The number of hydrazine groups is 1. The maximum atomic E-state index is 11.0. The summed E-state index contributed by atoms with van der Waals surface area (Å²) in [4.78, 5) is 12.3. The van der Waals surface area contributed by atoms with Crippen LogP contribution < -0.4 is 10.3 Å². The molecule has 5 nitrogen and oxygen atoms in total. The summed E-state index contributed by atoms with van der Waals surface area (Å²) in [5.41, 5.74) is 2.02.